The summed E-state index contributed by atoms with van der Waals surface area (Å²) >= 11 is 0. The van der Waals surface area contributed by atoms with Crippen molar-refractivity contribution in [2.45, 2.75) is 77.1 Å². The fraction of sp³-hybridized carbons (Fsp3) is 0.415. The Morgan fingerprint density at radius 3 is 2.31 bits per heavy atom. The first-order valence-corrected chi connectivity index (χ1v) is 18.2. The van der Waals surface area contributed by atoms with Crippen LogP contribution in [-0.4, -0.2) is 73.2 Å². The van der Waals surface area contributed by atoms with E-state index >= 15 is 0 Å². The molecule has 1 aliphatic carbocycles. The van der Waals surface area contributed by atoms with Crippen LogP contribution in [-0.2, 0) is 19.1 Å². The maximum Gasteiger partial charge on any atom is 0.407 e. The molecule has 6 atom stereocenters. The SMILES string of the molecule is CC[C@H](C)[C@@H]1NC(=O)[C@@H]2[C@H](CCN2C(=O)[C@@H](NC(=O)OCC2c3ccccc3-c3ccccc32)[C@@H](C)CC)Oc2ccc(OC)c(c2)/C=C\NC1=O. The van der Waals surface area contributed by atoms with Crippen LogP contribution in [0.4, 0.5) is 4.79 Å². The van der Waals surface area contributed by atoms with E-state index in [-0.39, 0.29) is 36.8 Å². The highest BCUT2D eigenvalue weighted by Gasteiger charge is 2.47. The van der Waals surface area contributed by atoms with E-state index in [0.717, 1.165) is 22.3 Å². The molecule has 11 nitrogen and oxygen atoms in total. The molecule has 3 N–H and O–H groups in total. The lowest BCUT2D eigenvalue weighted by Crippen LogP contribution is -2.60. The molecule has 2 aliphatic heterocycles. The van der Waals surface area contributed by atoms with Crippen LogP contribution in [0.3, 0.4) is 0 Å². The van der Waals surface area contributed by atoms with Gasteiger partial charge in [-0.25, -0.2) is 4.79 Å². The molecule has 0 aromatic heterocycles. The summed E-state index contributed by atoms with van der Waals surface area (Å²) in [5.41, 5.74) is 5.08. The summed E-state index contributed by atoms with van der Waals surface area (Å²) in [6.07, 6.45) is 3.38. The number of rotatable bonds is 9. The summed E-state index contributed by atoms with van der Waals surface area (Å²) in [7, 11) is 1.56. The molecule has 6 rings (SSSR count). The Hall–Kier alpha value is -5.32. The van der Waals surface area contributed by atoms with E-state index in [1.54, 1.807) is 31.4 Å². The molecule has 0 spiro atoms. The van der Waals surface area contributed by atoms with Crippen LogP contribution in [0.15, 0.2) is 72.9 Å². The zero-order chi connectivity index (χ0) is 36.9. The molecule has 3 aromatic rings. The number of fused-ring (bicyclic) bond motifs is 6. The Morgan fingerprint density at radius 1 is 0.962 bits per heavy atom. The molecule has 0 radical (unpaired) electrons. The van der Waals surface area contributed by atoms with Crippen LogP contribution < -0.4 is 25.4 Å². The molecule has 2 heterocycles. The second-order valence-electron chi connectivity index (χ2n) is 13.9. The third kappa shape index (κ3) is 7.35. The molecule has 3 aromatic carbocycles. The van der Waals surface area contributed by atoms with Gasteiger partial charge in [-0.3, -0.25) is 14.4 Å². The third-order valence-corrected chi connectivity index (χ3v) is 10.8. The van der Waals surface area contributed by atoms with Crippen molar-refractivity contribution in [2.24, 2.45) is 11.8 Å². The molecule has 2 bridgehead atoms. The molecule has 52 heavy (non-hydrogen) atoms. The number of methoxy groups -OCH3 is 1. The van der Waals surface area contributed by atoms with Gasteiger partial charge < -0.3 is 35.1 Å². The van der Waals surface area contributed by atoms with Gasteiger partial charge in [0.05, 0.1) is 7.11 Å². The fourth-order valence-electron chi connectivity index (χ4n) is 7.41. The quantitative estimate of drug-likeness (QED) is 0.262. The standard InChI is InChI=1S/C41H48N4O7/c1-6-24(3)35-38(46)42-20-18-26-22-27(16-17-33(26)50-5)52-34-19-21-45(37(34)39(47)43-35)40(48)36(25(4)7-2)44-41(49)51-23-32-30-14-10-8-12-28(30)29-13-9-11-15-31(29)32/h8-18,20,22,24-25,32,34-37H,6-7,19,21,23H2,1-5H3,(H,42,46)(H,43,47)(H,44,49)/b20-18-/t24-,25-,34-,35-,36-,37-/m0/s1. The topological polar surface area (TPSA) is 135 Å². The Kier molecular flexibility index (Phi) is 11.2. The highest BCUT2D eigenvalue weighted by molar-refractivity contribution is 5.95. The zero-order valence-electron chi connectivity index (χ0n) is 30.4. The van der Waals surface area contributed by atoms with E-state index in [9.17, 15) is 19.2 Å². The first-order valence-electron chi connectivity index (χ1n) is 18.2. The number of amides is 4. The monoisotopic (exact) mass is 708 g/mol. The van der Waals surface area contributed by atoms with E-state index < -0.39 is 42.1 Å². The maximum atomic E-state index is 14.5. The Labute approximate surface area is 305 Å². The number of nitrogens with one attached hydrogen (secondary N) is 3. The van der Waals surface area contributed by atoms with Crippen molar-refractivity contribution in [3.63, 3.8) is 0 Å². The van der Waals surface area contributed by atoms with Crippen molar-refractivity contribution in [3.05, 3.63) is 89.6 Å². The van der Waals surface area contributed by atoms with Gasteiger partial charge >= 0.3 is 6.09 Å². The molecular weight excluding hydrogens is 660 g/mol. The maximum absolute atomic E-state index is 14.5. The number of hydrogen-bond donors (Lipinski definition) is 3. The minimum Gasteiger partial charge on any atom is -0.496 e. The largest absolute Gasteiger partial charge is 0.496 e. The van der Waals surface area contributed by atoms with Crippen molar-refractivity contribution in [3.8, 4) is 22.6 Å². The van der Waals surface area contributed by atoms with Gasteiger partial charge in [-0.15, -0.1) is 0 Å². The highest BCUT2D eigenvalue weighted by Crippen LogP contribution is 2.44. The van der Waals surface area contributed by atoms with E-state index in [0.29, 0.717) is 36.3 Å². The number of nitrogens with zero attached hydrogens (tertiary/aromatic N) is 1. The number of carbonyl (C=O) groups excluding carboxylic acids is 4. The van der Waals surface area contributed by atoms with Crippen LogP contribution in [0.2, 0.25) is 0 Å². The second-order valence-corrected chi connectivity index (χ2v) is 13.9. The molecule has 1 saturated heterocycles. The van der Waals surface area contributed by atoms with Gasteiger partial charge in [0.2, 0.25) is 17.7 Å². The molecular formula is C41H48N4O7. The molecule has 3 aliphatic rings. The Morgan fingerprint density at radius 2 is 1.65 bits per heavy atom. The van der Waals surface area contributed by atoms with Crippen LogP contribution >= 0.6 is 0 Å². The summed E-state index contributed by atoms with van der Waals surface area (Å²) in [6.45, 7) is 7.97. The van der Waals surface area contributed by atoms with Gasteiger partial charge in [0.1, 0.15) is 42.3 Å². The number of alkyl carbamates (subject to hydrolysis) is 1. The second kappa shape index (κ2) is 15.9. The Bertz CT molecular complexity index is 1800. The van der Waals surface area contributed by atoms with Gasteiger partial charge in [0, 0.05) is 30.6 Å². The number of carbonyl (C=O) groups is 4. The summed E-state index contributed by atoms with van der Waals surface area (Å²) in [5, 5.41) is 8.58. The predicted octanol–water partition coefficient (Wildman–Crippen LogP) is 5.63. The fourth-order valence-corrected chi connectivity index (χ4v) is 7.41. The molecule has 0 saturated carbocycles. The van der Waals surface area contributed by atoms with Gasteiger partial charge in [-0.1, -0.05) is 89.1 Å². The normalized spacial score (nSPS) is 21.9. The van der Waals surface area contributed by atoms with Crippen molar-refractivity contribution in [1.82, 2.24) is 20.9 Å². The summed E-state index contributed by atoms with van der Waals surface area (Å²) in [5.74, 6) is -0.854. The molecule has 11 heteroatoms. The first kappa shape index (κ1) is 36.5. The van der Waals surface area contributed by atoms with Gasteiger partial charge in [0.15, 0.2) is 0 Å². The smallest absolute Gasteiger partial charge is 0.407 e. The predicted molar refractivity (Wildman–Crippen MR) is 198 cm³/mol. The summed E-state index contributed by atoms with van der Waals surface area (Å²) < 4.78 is 17.8. The van der Waals surface area contributed by atoms with Crippen molar-refractivity contribution >= 4 is 29.9 Å². The molecule has 4 amide bonds. The average Bonchev–Trinajstić information content (AvgIpc) is 3.73. The number of hydrogen-bond acceptors (Lipinski definition) is 7. The number of benzene rings is 3. The highest BCUT2D eigenvalue weighted by atomic mass is 16.5. The van der Waals surface area contributed by atoms with E-state index in [4.69, 9.17) is 14.2 Å². The van der Waals surface area contributed by atoms with Gasteiger partial charge in [-0.05, 0) is 58.4 Å². The van der Waals surface area contributed by atoms with Gasteiger partial charge in [0.25, 0.3) is 0 Å². The molecule has 0 unspecified atom stereocenters. The lowest BCUT2D eigenvalue weighted by Gasteiger charge is -2.33. The third-order valence-electron chi connectivity index (χ3n) is 10.8. The van der Waals surface area contributed by atoms with Gasteiger partial charge in [-0.2, -0.15) is 0 Å². The van der Waals surface area contributed by atoms with E-state index in [1.807, 2.05) is 64.1 Å². The summed E-state index contributed by atoms with van der Waals surface area (Å²) in [6, 6.07) is 18.6. The van der Waals surface area contributed by atoms with Crippen LogP contribution in [0, 0.1) is 11.8 Å². The van der Waals surface area contributed by atoms with Crippen molar-refractivity contribution in [2.75, 3.05) is 20.3 Å². The lowest BCUT2D eigenvalue weighted by molar-refractivity contribution is -0.143. The van der Waals surface area contributed by atoms with Crippen molar-refractivity contribution < 1.29 is 33.4 Å². The van der Waals surface area contributed by atoms with E-state index in [1.165, 1.54) is 11.1 Å². The lowest BCUT2D eigenvalue weighted by atomic mass is 9.96. The molecule has 1 fully saturated rings. The molecule has 274 valence electrons. The Balaban J connectivity index is 1.24. The minimum absolute atomic E-state index is 0.101. The first-order chi connectivity index (χ1) is 25.1. The van der Waals surface area contributed by atoms with Crippen LogP contribution in [0.25, 0.3) is 17.2 Å². The van der Waals surface area contributed by atoms with Crippen molar-refractivity contribution in [1.29, 1.82) is 0 Å². The van der Waals surface area contributed by atoms with E-state index in [2.05, 4.69) is 28.1 Å². The average molecular weight is 709 g/mol. The van der Waals surface area contributed by atoms with Crippen LogP contribution in [0.5, 0.6) is 11.5 Å². The minimum atomic E-state index is -1.07. The van der Waals surface area contributed by atoms with Crippen LogP contribution in [0.1, 0.15) is 69.6 Å². The number of ether oxygens (including phenoxy) is 3. The zero-order valence-corrected chi connectivity index (χ0v) is 30.4. The number of likely N-dealkylation sites (tertiary alicyclic amines) is 1. The summed E-state index contributed by atoms with van der Waals surface area (Å²) in [4.78, 5) is 57.1.